The number of carbonyl (C=O) groups is 3. The van der Waals surface area contributed by atoms with Gasteiger partial charge in [-0.25, -0.2) is 9.59 Å². The van der Waals surface area contributed by atoms with E-state index in [2.05, 4.69) is 5.32 Å². The number of alkyl carbamates (subject to hydrolysis) is 1. The number of carbonyl (C=O) groups excluding carboxylic acids is 2. The van der Waals surface area contributed by atoms with Gasteiger partial charge in [0.25, 0.3) is 5.91 Å². The standard InChI is InChI=1S/C13H18N2O6S/c1-13(2,3)21-12(20)14-7-9(17)15-8(11(18)19)6(4-16)5-22-10(7)15/h7,10,16H,4-5H2,1-3H3,(H,14,20)(H,18,19)/t7?,10-/m0/s1. The molecule has 0 aromatic carbocycles. The first-order valence-corrected chi connectivity index (χ1v) is 7.71. The van der Waals surface area contributed by atoms with Crippen LogP contribution in [0.1, 0.15) is 20.8 Å². The normalized spacial score (nSPS) is 24.5. The largest absolute Gasteiger partial charge is 0.477 e. The van der Waals surface area contributed by atoms with Gasteiger partial charge in [0.1, 0.15) is 22.7 Å². The van der Waals surface area contributed by atoms with Crippen LogP contribution in [-0.4, -0.2) is 62.5 Å². The topological polar surface area (TPSA) is 116 Å². The number of aliphatic hydroxyl groups is 1. The number of carboxylic acid groups (broad SMARTS) is 1. The molecule has 2 aliphatic rings. The molecule has 0 radical (unpaired) electrons. The van der Waals surface area contributed by atoms with Gasteiger partial charge in [0, 0.05) is 5.75 Å². The highest BCUT2D eigenvalue weighted by atomic mass is 32.2. The Morgan fingerprint density at radius 3 is 2.59 bits per heavy atom. The molecule has 22 heavy (non-hydrogen) atoms. The van der Waals surface area contributed by atoms with Crippen LogP contribution in [0.25, 0.3) is 0 Å². The van der Waals surface area contributed by atoms with Crippen LogP contribution in [0.5, 0.6) is 0 Å². The number of thioether (sulfide) groups is 1. The summed E-state index contributed by atoms with van der Waals surface area (Å²) in [6, 6.07) is -0.825. The van der Waals surface area contributed by atoms with Crippen LogP contribution in [0.4, 0.5) is 4.79 Å². The van der Waals surface area contributed by atoms with Gasteiger partial charge in [0.15, 0.2) is 0 Å². The molecule has 9 heteroatoms. The molecule has 122 valence electrons. The number of aliphatic hydroxyl groups excluding tert-OH is 1. The zero-order valence-corrected chi connectivity index (χ0v) is 13.3. The van der Waals surface area contributed by atoms with Gasteiger partial charge in [0.2, 0.25) is 0 Å². The maximum Gasteiger partial charge on any atom is 0.408 e. The van der Waals surface area contributed by atoms with Crippen molar-refractivity contribution in [3.8, 4) is 0 Å². The molecule has 0 saturated carbocycles. The third-order valence-electron chi connectivity index (χ3n) is 3.11. The van der Waals surface area contributed by atoms with E-state index in [-0.39, 0.29) is 11.3 Å². The number of rotatable bonds is 3. The summed E-state index contributed by atoms with van der Waals surface area (Å²) >= 11 is 1.29. The van der Waals surface area contributed by atoms with Gasteiger partial charge >= 0.3 is 12.1 Å². The second-order valence-electron chi connectivity index (χ2n) is 5.95. The van der Waals surface area contributed by atoms with Crippen LogP contribution in [0.3, 0.4) is 0 Å². The van der Waals surface area contributed by atoms with E-state index >= 15 is 0 Å². The molecule has 2 atom stereocenters. The number of amides is 2. The summed E-state index contributed by atoms with van der Waals surface area (Å²) in [5.41, 5.74) is -0.594. The van der Waals surface area contributed by atoms with Crippen LogP contribution >= 0.6 is 11.8 Å². The monoisotopic (exact) mass is 330 g/mol. The molecule has 1 unspecified atom stereocenters. The summed E-state index contributed by atoms with van der Waals surface area (Å²) in [5, 5.41) is 20.4. The predicted molar refractivity (Wildman–Crippen MR) is 78.0 cm³/mol. The number of nitrogens with zero attached hydrogens (tertiary/aromatic N) is 1. The van der Waals surface area contributed by atoms with Crippen molar-refractivity contribution >= 4 is 29.7 Å². The number of aliphatic carboxylic acids is 1. The van der Waals surface area contributed by atoms with Crippen LogP contribution in [0.2, 0.25) is 0 Å². The summed E-state index contributed by atoms with van der Waals surface area (Å²) in [5.74, 6) is -1.50. The second kappa shape index (κ2) is 5.81. The third-order valence-corrected chi connectivity index (χ3v) is 4.45. The first-order chi connectivity index (χ1) is 10.2. The zero-order chi connectivity index (χ0) is 16.7. The molecule has 0 aromatic heterocycles. The molecule has 1 fully saturated rings. The number of nitrogens with one attached hydrogen (secondary N) is 1. The fourth-order valence-electron chi connectivity index (χ4n) is 2.24. The van der Waals surface area contributed by atoms with Gasteiger partial charge in [0.05, 0.1) is 6.61 Å². The van der Waals surface area contributed by atoms with Crippen molar-refractivity contribution in [2.45, 2.75) is 37.8 Å². The van der Waals surface area contributed by atoms with E-state index in [1.807, 2.05) is 0 Å². The van der Waals surface area contributed by atoms with Crippen molar-refractivity contribution in [2.24, 2.45) is 0 Å². The average Bonchev–Trinajstić information content (AvgIpc) is 2.40. The number of carboxylic acids is 1. The minimum Gasteiger partial charge on any atom is -0.477 e. The van der Waals surface area contributed by atoms with Crippen LogP contribution < -0.4 is 5.32 Å². The van der Waals surface area contributed by atoms with Gasteiger partial charge in [-0.1, -0.05) is 0 Å². The molecular weight excluding hydrogens is 312 g/mol. The minimum absolute atomic E-state index is 0.196. The van der Waals surface area contributed by atoms with Crippen LogP contribution in [-0.2, 0) is 14.3 Å². The Morgan fingerprint density at radius 2 is 2.09 bits per heavy atom. The lowest BCUT2D eigenvalue weighted by atomic mass is 10.0. The fourth-order valence-corrected chi connectivity index (χ4v) is 3.57. The van der Waals surface area contributed by atoms with Gasteiger partial charge in [-0.15, -0.1) is 11.8 Å². The number of hydrogen-bond donors (Lipinski definition) is 3. The molecule has 2 amide bonds. The van der Waals surface area contributed by atoms with E-state index in [9.17, 15) is 24.6 Å². The van der Waals surface area contributed by atoms with Crippen molar-refractivity contribution in [2.75, 3.05) is 12.4 Å². The highest BCUT2D eigenvalue weighted by Gasteiger charge is 2.54. The number of hydrogen-bond acceptors (Lipinski definition) is 6. The Kier molecular flexibility index (Phi) is 4.39. The minimum atomic E-state index is -1.27. The van der Waals surface area contributed by atoms with E-state index in [0.29, 0.717) is 5.75 Å². The van der Waals surface area contributed by atoms with E-state index in [1.165, 1.54) is 11.8 Å². The molecule has 2 aliphatic heterocycles. The highest BCUT2D eigenvalue weighted by Crippen LogP contribution is 2.40. The molecular formula is C13H18N2O6S. The summed E-state index contributed by atoms with van der Waals surface area (Å²) in [6.45, 7) is 4.69. The smallest absolute Gasteiger partial charge is 0.408 e. The molecule has 8 nitrogen and oxygen atoms in total. The quantitative estimate of drug-likeness (QED) is 0.630. The van der Waals surface area contributed by atoms with Gasteiger partial charge in [-0.05, 0) is 26.3 Å². The second-order valence-corrected chi connectivity index (χ2v) is 7.05. The molecule has 2 rings (SSSR count). The van der Waals surface area contributed by atoms with Crippen molar-refractivity contribution in [3.63, 3.8) is 0 Å². The Balaban J connectivity index is 2.10. The SMILES string of the molecule is CC(C)(C)OC(=O)NC1C(=O)N2C(C(=O)O)=C(CO)CS[C@@H]12. The van der Waals surface area contributed by atoms with E-state index in [4.69, 9.17) is 4.74 Å². The van der Waals surface area contributed by atoms with Crippen LogP contribution in [0, 0.1) is 0 Å². The lowest BCUT2D eigenvalue weighted by Gasteiger charge is -2.49. The maximum absolute atomic E-state index is 12.1. The molecule has 2 heterocycles. The molecule has 0 spiro atoms. The van der Waals surface area contributed by atoms with Crippen molar-refractivity contribution in [3.05, 3.63) is 11.3 Å². The third kappa shape index (κ3) is 3.05. The van der Waals surface area contributed by atoms with Gasteiger partial charge in [-0.2, -0.15) is 0 Å². The lowest BCUT2D eigenvalue weighted by molar-refractivity contribution is -0.149. The van der Waals surface area contributed by atoms with E-state index in [1.54, 1.807) is 20.8 Å². The molecule has 0 aliphatic carbocycles. The van der Waals surface area contributed by atoms with Crippen molar-refractivity contribution in [1.82, 2.24) is 10.2 Å². The van der Waals surface area contributed by atoms with Crippen molar-refractivity contribution in [1.29, 1.82) is 0 Å². The summed E-state index contributed by atoms with van der Waals surface area (Å²) in [7, 11) is 0. The Morgan fingerprint density at radius 1 is 1.45 bits per heavy atom. The van der Waals surface area contributed by atoms with Gasteiger partial charge in [-0.3, -0.25) is 9.69 Å². The van der Waals surface area contributed by atoms with Gasteiger partial charge < -0.3 is 20.3 Å². The summed E-state index contributed by atoms with van der Waals surface area (Å²) < 4.78 is 5.09. The summed E-state index contributed by atoms with van der Waals surface area (Å²) in [6.07, 6.45) is -0.722. The first-order valence-electron chi connectivity index (χ1n) is 6.66. The van der Waals surface area contributed by atoms with E-state index < -0.39 is 41.6 Å². The van der Waals surface area contributed by atoms with Crippen molar-refractivity contribution < 1.29 is 29.3 Å². The number of β-lactam (4-membered cyclic amide) rings is 1. The molecule has 3 N–H and O–H groups in total. The lowest BCUT2D eigenvalue weighted by Crippen LogP contribution is -2.70. The maximum atomic E-state index is 12.1. The fraction of sp³-hybridized carbons (Fsp3) is 0.615. The Hall–Kier alpha value is -1.74. The molecule has 0 bridgehead atoms. The Bertz CT molecular complexity index is 553. The number of ether oxygens (including phenoxy) is 1. The molecule has 1 saturated heterocycles. The predicted octanol–water partition coefficient (Wildman–Crippen LogP) is 0.126. The highest BCUT2D eigenvalue weighted by molar-refractivity contribution is 8.00. The summed E-state index contributed by atoms with van der Waals surface area (Å²) in [4.78, 5) is 36.3. The van der Waals surface area contributed by atoms with E-state index in [0.717, 1.165) is 4.90 Å². The zero-order valence-electron chi connectivity index (χ0n) is 12.5. The average molecular weight is 330 g/mol. The van der Waals surface area contributed by atoms with Crippen LogP contribution in [0.15, 0.2) is 11.3 Å². The Labute approximate surface area is 131 Å². The molecule has 0 aromatic rings. The number of fused-ring (bicyclic) bond motifs is 1. The first kappa shape index (κ1) is 16.6.